The van der Waals surface area contributed by atoms with Crippen molar-refractivity contribution in [2.45, 2.75) is 43.9 Å². The molecule has 2 amide bonds. The van der Waals surface area contributed by atoms with Gasteiger partial charge in [-0.2, -0.15) is 0 Å². The maximum atomic E-state index is 13.0. The van der Waals surface area contributed by atoms with E-state index in [9.17, 15) is 9.59 Å². The van der Waals surface area contributed by atoms with Gasteiger partial charge >= 0.3 is 0 Å². The van der Waals surface area contributed by atoms with E-state index < -0.39 is 0 Å². The largest absolute Gasteiger partial charge is 0.368 e. The lowest BCUT2D eigenvalue weighted by Crippen LogP contribution is -2.50. The molecule has 182 valence electrons. The van der Waals surface area contributed by atoms with E-state index in [1.807, 2.05) is 16.3 Å². The third-order valence-corrected chi connectivity index (χ3v) is 8.12. The highest BCUT2D eigenvalue weighted by Gasteiger charge is 2.45. The number of para-hydroxylation sites is 1. The van der Waals surface area contributed by atoms with E-state index in [2.05, 4.69) is 60.9 Å². The minimum Gasteiger partial charge on any atom is -0.368 e. The molecule has 1 aromatic heterocycles. The molecule has 3 saturated heterocycles. The van der Waals surface area contributed by atoms with Crippen LogP contribution in [0, 0.1) is 0 Å². The second-order valence-corrected chi connectivity index (χ2v) is 10.1. The van der Waals surface area contributed by atoms with Crippen molar-refractivity contribution >= 4 is 29.0 Å². The zero-order chi connectivity index (χ0) is 23.5. The summed E-state index contributed by atoms with van der Waals surface area (Å²) in [7, 11) is 2.11. The van der Waals surface area contributed by atoms with Gasteiger partial charge in [-0.05, 0) is 43.6 Å². The van der Waals surface area contributed by atoms with Gasteiger partial charge < -0.3 is 15.1 Å². The summed E-state index contributed by atoms with van der Waals surface area (Å²) in [6.45, 7) is 5.35. The smallest absolute Gasteiger partial charge is 0.239 e. The minimum absolute atomic E-state index is 0.0865. The number of piperazine rings is 1. The Bertz CT molecular complexity index is 965. The molecule has 0 radical (unpaired) electrons. The number of benzene rings is 1. The SMILES string of the molecule is CN1C(CCC(=O)N2CCN(c3ccccc3)CC2)CNC(=O)C2C1CCN2Cc1csnn1. The van der Waals surface area contributed by atoms with E-state index in [-0.39, 0.29) is 29.9 Å². The van der Waals surface area contributed by atoms with E-state index >= 15 is 0 Å². The van der Waals surface area contributed by atoms with Crippen LogP contribution in [-0.4, -0.2) is 101 Å². The molecular weight excluding hydrogens is 450 g/mol. The zero-order valence-electron chi connectivity index (χ0n) is 19.7. The number of anilines is 1. The first kappa shape index (κ1) is 23.2. The van der Waals surface area contributed by atoms with Gasteiger partial charge in [0.25, 0.3) is 0 Å². The molecule has 5 rings (SSSR count). The number of hydrogen-bond donors (Lipinski definition) is 1. The van der Waals surface area contributed by atoms with Gasteiger partial charge in [-0.3, -0.25) is 19.4 Å². The van der Waals surface area contributed by atoms with Crippen LogP contribution < -0.4 is 10.2 Å². The number of hydrogen-bond acceptors (Lipinski definition) is 8. The van der Waals surface area contributed by atoms with E-state index in [4.69, 9.17) is 0 Å². The molecule has 9 nitrogen and oxygen atoms in total. The lowest BCUT2D eigenvalue weighted by Gasteiger charge is -2.37. The Morgan fingerprint density at radius 3 is 2.68 bits per heavy atom. The lowest BCUT2D eigenvalue weighted by molar-refractivity contribution is -0.132. The Morgan fingerprint density at radius 2 is 1.94 bits per heavy atom. The average molecular weight is 484 g/mol. The van der Waals surface area contributed by atoms with Crippen LogP contribution in [0.2, 0.25) is 0 Å². The summed E-state index contributed by atoms with van der Waals surface area (Å²) in [6, 6.07) is 10.5. The number of likely N-dealkylation sites (tertiary alicyclic amines) is 1. The fraction of sp³-hybridized carbons (Fsp3) is 0.583. The van der Waals surface area contributed by atoms with Crippen molar-refractivity contribution in [1.82, 2.24) is 29.6 Å². The van der Waals surface area contributed by atoms with Crippen molar-refractivity contribution in [2.24, 2.45) is 0 Å². The number of rotatable bonds is 6. The molecule has 0 bridgehead atoms. The standard InChI is InChI=1S/C24H33N7O2S/c1-28-20(7-8-22(32)30-13-11-29(12-14-30)19-5-3-2-4-6-19)15-25-24(33)23-21(28)9-10-31(23)16-18-17-34-27-26-18/h2-6,17,20-21,23H,7-16H2,1H3,(H,25,33). The van der Waals surface area contributed by atoms with Crippen molar-refractivity contribution < 1.29 is 9.59 Å². The summed E-state index contributed by atoms with van der Waals surface area (Å²) in [5, 5.41) is 9.24. The highest BCUT2D eigenvalue weighted by Crippen LogP contribution is 2.28. The van der Waals surface area contributed by atoms with Gasteiger partial charge in [-0.25, -0.2) is 0 Å². The predicted molar refractivity (Wildman–Crippen MR) is 132 cm³/mol. The van der Waals surface area contributed by atoms with Gasteiger partial charge in [0.15, 0.2) is 0 Å². The monoisotopic (exact) mass is 483 g/mol. The van der Waals surface area contributed by atoms with E-state index in [0.29, 0.717) is 19.5 Å². The fourth-order valence-electron chi connectivity index (χ4n) is 5.59. The van der Waals surface area contributed by atoms with Crippen molar-refractivity contribution in [1.29, 1.82) is 0 Å². The van der Waals surface area contributed by atoms with Crippen LogP contribution in [0.5, 0.6) is 0 Å². The highest BCUT2D eigenvalue weighted by atomic mass is 32.1. The molecule has 3 fully saturated rings. The molecule has 0 aliphatic carbocycles. The van der Waals surface area contributed by atoms with Gasteiger partial charge in [0.05, 0.1) is 5.69 Å². The molecule has 34 heavy (non-hydrogen) atoms. The maximum Gasteiger partial charge on any atom is 0.239 e. The van der Waals surface area contributed by atoms with Crippen LogP contribution in [0.25, 0.3) is 0 Å². The number of nitrogens with one attached hydrogen (secondary N) is 1. The Labute approximate surface area is 204 Å². The van der Waals surface area contributed by atoms with Crippen molar-refractivity contribution in [3.8, 4) is 0 Å². The van der Waals surface area contributed by atoms with Crippen LogP contribution >= 0.6 is 11.5 Å². The first-order valence-electron chi connectivity index (χ1n) is 12.2. The summed E-state index contributed by atoms with van der Waals surface area (Å²) in [5.74, 6) is 0.306. The molecule has 4 heterocycles. The maximum absolute atomic E-state index is 13.0. The number of aromatic nitrogens is 2. The van der Waals surface area contributed by atoms with Gasteiger partial charge in [0, 0.05) is 75.4 Å². The molecule has 10 heteroatoms. The molecule has 3 unspecified atom stereocenters. The number of amides is 2. The quantitative estimate of drug-likeness (QED) is 0.657. The molecule has 2 aromatic rings. The third kappa shape index (κ3) is 4.94. The third-order valence-electron chi connectivity index (χ3n) is 7.56. The van der Waals surface area contributed by atoms with Crippen LogP contribution in [0.4, 0.5) is 5.69 Å². The molecule has 0 saturated carbocycles. The molecule has 3 aliphatic heterocycles. The summed E-state index contributed by atoms with van der Waals surface area (Å²) >= 11 is 1.34. The van der Waals surface area contributed by atoms with Crippen LogP contribution in [0.3, 0.4) is 0 Å². The van der Waals surface area contributed by atoms with E-state index in [1.54, 1.807) is 0 Å². The van der Waals surface area contributed by atoms with Crippen molar-refractivity contribution in [3.63, 3.8) is 0 Å². The Morgan fingerprint density at radius 1 is 1.15 bits per heavy atom. The highest BCUT2D eigenvalue weighted by molar-refractivity contribution is 7.03. The molecule has 3 atom stereocenters. The second-order valence-electron chi connectivity index (χ2n) is 9.47. The van der Waals surface area contributed by atoms with E-state index in [1.165, 1.54) is 17.2 Å². The molecule has 3 aliphatic rings. The second kappa shape index (κ2) is 10.4. The first-order chi connectivity index (χ1) is 16.6. The average Bonchev–Trinajstić information content (AvgIpc) is 3.52. The van der Waals surface area contributed by atoms with Crippen LogP contribution in [-0.2, 0) is 16.1 Å². The van der Waals surface area contributed by atoms with Crippen molar-refractivity contribution in [2.75, 3.05) is 51.2 Å². The molecule has 0 spiro atoms. The number of carbonyl (C=O) groups is 2. The van der Waals surface area contributed by atoms with Gasteiger partial charge in [0.1, 0.15) is 6.04 Å². The first-order valence-corrected chi connectivity index (χ1v) is 13.0. The predicted octanol–water partition coefficient (Wildman–Crippen LogP) is 1.04. The summed E-state index contributed by atoms with van der Waals surface area (Å²) < 4.78 is 3.95. The molecule has 1 N–H and O–H groups in total. The van der Waals surface area contributed by atoms with Crippen molar-refractivity contribution in [3.05, 3.63) is 41.4 Å². The van der Waals surface area contributed by atoms with Crippen LogP contribution in [0.1, 0.15) is 25.0 Å². The summed E-state index contributed by atoms with van der Waals surface area (Å²) in [6.07, 6.45) is 2.22. The fourth-order valence-corrected chi connectivity index (χ4v) is 6.03. The number of fused-ring (bicyclic) bond motifs is 1. The topological polar surface area (TPSA) is 84.9 Å². The number of carbonyl (C=O) groups excluding carboxylic acids is 2. The minimum atomic E-state index is -0.182. The van der Waals surface area contributed by atoms with Gasteiger partial charge in [-0.1, -0.05) is 22.7 Å². The Balaban J connectivity index is 1.13. The number of likely N-dealkylation sites (N-methyl/N-ethyl adjacent to an activating group) is 1. The van der Waals surface area contributed by atoms with Crippen LogP contribution in [0.15, 0.2) is 35.7 Å². The van der Waals surface area contributed by atoms with E-state index in [0.717, 1.165) is 51.3 Å². The molecular formula is C24H33N7O2S. The Hall–Kier alpha value is -2.56. The number of nitrogens with zero attached hydrogens (tertiary/aromatic N) is 6. The summed E-state index contributed by atoms with van der Waals surface area (Å²) in [4.78, 5) is 34.8. The summed E-state index contributed by atoms with van der Waals surface area (Å²) in [5.41, 5.74) is 2.14. The normalized spacial score (nSPS) is 26.3. The Kier molecular flexibility index (Phi) is 7.07. The molecule has 1 aromatic carbocycles. The van der Waals surface area contributed by atoms with Gasteiger partial charge in [-0.15, -0.1) is 5.10 Å². The lowest BCUT2D eigenvalue weighted by atomic mass is 10.0. The van der Waals surface area contributed by atoms with Gasteiger partial charge in [0.2, 0.25) is 11.8 Å². The zero-order valence-corrected chi connectivity index (χ0v) is 20.5.